The highest BCUT2D eigenvalue weighted by atomic mass is 32.1. The Morgan fingerprint density at radius 1 is 1.14 bits per heavy atom. The van der Waals surface area contributed by atoms with Crippen LogP contribution in [0, 0.1) is 5.92 Å². The van der Waals surface area contributed by atoms with Crippen LogP contribution in [0.2, 0.25) is 0 Å². The molecule has 1 amide bonds. The highest BCUT2D eigenvalue weighted by Crippen LogP contribution is 2.35. The molecule has 2 unspecified atom stereocenters. The van der Waals surface area contributed by atoms with E-state index in [2.05, 4.69) is 46.4 Å². The summed E-state index contributed by atoms with van der Waals surface area (Å²) in [6, 6.07) is 20.7. The van der Waals surface area contributed by atoms with Gasteiger partial charge in [0, 0.05) is 24.2 Å². The number of hydrogen-bond acceptors (Lipinski definition) is 4. The molecule has 1 fully saturated rings. The van der Waals surface area contributed by atoms with Gasteiger partial charge in [-0.1, -0.05) is 60.7 Å². The van der Waals surface area contributed by atoms with Gasteiger partial charge < -0.3 is 5.32 Å². The van der Waals surface area contributed by atoms with Crippen molar-refractivity contribution in [3.8, 4) is 0 Å². The Kier molecular flexibility index (Phi) is 6.37. The Morgan fingerprint density at radius 2 is 1.83 bits per heavy atom. The van der Waals surface area contributed by atoms with E-state index in [0.29, 0.717) is 18.5 Å². The third kappa shape index (κ3) is 5.31. The highest BCUT2D eigenvalue weighted by molar-refractivity contribution is 7.09. The maximum absolute atomic E-state index is 13.1. The molecule has 1 saturated carbocycles. The standard InChI is InChI=1S/C24H27N3OS/c1-18(20-12-13-20)27(16-19-8-4-2-5-9-19)17-22(28)26-23(24-25-14-15-29-24)21-10-6-3-7-11-21/h2-11,14-15,18,20,23H,12-13,16-17H2,1H3,(H,26,28). The molecule has 0 aliphatic heterocycles. The zero-order valence-corrected chi connectivity index (χ0v) is 17.5. The van der Waals surface area contributed by atoms with Crippen LogP contribution in [0.1, 0.15) is 41.9 Å². The Balaban J connectivity index is 1.48. The topological polar surface area (TPSA) is 45.2 Å². The maximum atomic E-state index is 13.1. The molecule has 1 N–H and O–H groups in total. The van der Waals surface area contributed by atoms with E-state index in [-0.39, 0.29) is 11.9 Å². The zero-order valence-electron chi connectivity index (χ0n) is 16.7. The quantitative estimate of drug-likeness (QED) is 0.564. The van der Waals surface area contributed by atoms with Crippen molar-refractivity contribution in [2.75, 3.05) is 6.54 Å². The minimum Gasteiger partial charge on any atom is -0.342 e. The van der Waals surface area contributed by atoms with Crippen LogP contribution in [0.5, 0.6) is 0 Å². The molecule has 1 aliphatic carbocycles. The van der Waals surface area contributed by atoms with Crippen molar-refractivity contribution >= 4 is 17.2 Å². The molecular formula is C24H27N3OS. The van der Waals surface area contributed by atoms with Gasteiger partial charge in [0.2, 0.25) is 5.91 Å². The number of carbonyl (C=O) groups is 1. The second-order valence-corrected chi connectivity index (χ2v) is 8.68. The van der Waals surface area contributed by atoms with E-state index < -0.39 is 0 Å². The molecule has 1 heterocycles. The SMILES string of the molecule is CC(C1CC1)N(CC(=O)NC(c1ccccc1)c1nccs1)Cc1ccccc1. The lowest BCUT2D eigenvalue weighted by atomic mass is 10.1. The Bertz CT molecular complexity index is 894. The van der Waals surface area contributed by atoms with E-state index in [9.17, 15) is 4.79 Å². The molecule has 0 bridgehead atoms. The summed E-state index contributed by atoms with van der Waals surface area (Å²) in [4.78, 5) is 19.9. The molecule has 0 saturated heterocycles. The lowest BCUT2D eigenvalue weighted by Gasteiger charge is -2.29. The van der Waals surface area contributed by atoms with Gasteiger partial charge in [-0.3, -0.25) is 9.69 Å². The second kappa shape index (κ2) is 9.33. The van der Waals surface area contributed by atoms with Crippen molar-refractivity contribution < 1.29 is 4.79 Å². The number of thiazole rings is 1. The van der Waals surface area contributed by atoms with Crippen LogP contribution in [0.3, 0.4) is 0 Å². The van der Waals surface area contributed by atoms with Crippen LogP contribution in [0.4, 0.5) is 0 Å². The van der Waals surface area contributed by atoms with Crippen molar-refractivity contribution in [3.63, 3.8) is 0 Å². The van der Waals surface area contributed by atoms with Gasteiger partial charge in [-0.2, -0.15) is 0 Å². The van der Waals surface area contributed by atoms with Crippen LogP contribution in [0.25, 0.3) is 0 Å². The summed E-state index contributed by atoms with van der Waals surface area (Å²) >= 11 is 1.57. The van der Waals surface area contributed by atoms with E-state index in [1.165, 1.54) is 18.4 Å². The fourth-order valence-electron chi connectivity index (χ4n) is 3.74. The molecule has 4 nitrogen and oxygen atoms in total. The van der Waals surface area contributed by atoms with Gasteiger partial charge in [-0.15, -0.1) is 11.3 Å². The average molecular weight is 406 g/mol. The van der Waals surface area contributed by atoms with E-state index in [1.807, 2.05) is 41.8 Å². The number of aromatic nitrogens is 1. The summed E-state index contributed by atoms with van der Waals surface area (Å²) in [7, 11) is 0. The van der Waals surface area contributed by atoms with E-state index >= 15 is 0 Å². The second-order valence-electron chi connectivity index (χ2n) is 7.75. The summed E-state index contributed by atoms with van der Waals surface area (Å²) in [5.41, 5.74) is 2.30. The number of rotatable bonds is 9. The number of benzene rings is 2. The molecule has 3 aromatic rings. The maximum Gasteiger partial charge on any atom is 0.235 e. The fraction of sp³-hybridized carbons (Fsp3) is 0.333. The van der Waals surface area contributed by atoms with Crippen LogP contribution < -0.4 is 5.32 Å². The first-order chi connectivity index (χ1) is 14.2. The van der Waals surface area contributed by atoms with Crippen molar-refractivity contribution in [1.29, 1.82) is 0 Å². The normalized spacial score (nSPS) is 15.8. The van der Waals surface area contributed by atoms with E-state index in [4.69, 9.17) is 0 Å². The van der Waals surface area contributed by atoms with Crippen molar-refractivity contribution in [2.24, 2.45) is 5.92 Å². The van der Waals surface area contributed by atoms with Gasteiger partial charge in [-0.05, 0) is 36.8 Å². The molecule has 1 aliphatic rings. The highest BCUT2D eigenvalue weighted by Gasteiger charge is 2.33. The van der Waals surface area contributed by atoms with E-state index in [1.54, 1.807) is 17.5 Å². The molecule has 0 spiro atoms. The number of carbonyl (C=O) groups excluding carboxylic acids is 1. The summed E-state index contributed by atoms with van der Waals surface area (Å²) < 4.78 is 0. The molecule has 29 heavy (non-hydrogen) atoms. The first-order valence-electron chi connectivity index (χ1n) is 10.2. The van der Waals surface area contributed by atoms with Gasteiger partial charge in [0.15, 0.2) is 0 Å². The molecule has 4 rings (SSSR count). The van der Waals surface area contributed by atoms with Gasteiger partial charge >= 0.3 is 0 Å². The van der Waals surface area contributed by atoms with Crippen LogP contribution in [0.15, 0.2) is 72.2 Å². The van der Waals surface area contributed by atoms with Gasteiger partial charge in [0.05, 0.1) is 6.54 Å². The molecular weight excluding hydrogens is 378 g/mol. The van der Waals surface area contributed by atoms with Gasteiger partial charge in [-0.25, -0.2) is 4.98 Å². The Hall–Kier alpha value is -2.50. The minimum atomic E-state index is -0.210. The van der Waals surface area contributed by atoms with Gasteiger partial charge in [0.1, 0.15) is 11.0 Å². The fourth-order valence-corrected chi connectivity index (χ4v) is 4.45. The third-order valence-electron chi connectivity index (χ3n) is 5.59. The first-order valence-corrected chi connectivity index (χ1v) is 11.1. The van der Waals surface area contributed by atoms with Crippen molar-refractivity contribution in [3.05, 3.63) is 88.4 Å². The summed E-state index contributed by atoms with van der Waals surface area (Å²) in [6.07, 6.45) is 4.32. The lowest BCUT2D eigenvalue weighted by molar-refractivity contribution is -0.123. The molecule has 1 aromatic heterocycles. The zero-order chi connectivity index (χ0) is 20.1. The number of nitrogens with zero attached hydrogens (tertiary/aromatic N) is 2. The third-order valence-corrected chi connectivity index (χ3v) is 6.43. The molecule has 2 aromatic carbocycles. The average Bonchev–Trinajstić information content (AvgIpc) is 3.47. The molecule has 2 atom stereocenters. The monoisotopic (exact) mass is 405 g/mol. The van der Waals surface area contributed by atoms with Crippen LogP contribution >= 0.6 is 11.3 Å². The van der Waals surface area contributed by atoms with Crippen LogP contribution in [-0.2, 0) is 11.3 Å². The molecule has 5 heteroatoms. The van der Waals surface area contributed by atoms with Gasteiger partial charge in [0.25, 0.3) is 0 Å². The first kappa shape index (κ1) is 19.8. The Labute approximate surface area is 176 Å². The summed E-state index contributed by atoms with van der Waals surface area (Å²) in [5.74, 6) is 0.743. The van der Waals surface area contributed by atoms with E-state index in [0.717, 1.165) is 17.1 Å². The number of hydrogen-bond donors (Lipinski definition) is 1. The predicted octanol–water partition coefficient (Wildman–Crippen LogP) is 4.65. The Morgan fingerprint density at radius 3 is 2.45 bits per heavy atom. The largest absolute Gasteiger partial charge is 0.342 e. The smallest absolute Gasteiger partial charge is 0.235 e. The van der Waals surface area contributed by atoms with Crippen molar-refractivity contribution in [1.82, 2.24) is 15.2 Å². The number of amides is 1. The molecule has 0 radical (unpaired) electrons. The van der Waals surface area contributed by atoms with Crippen molar-refractivity contribution in [2.45, 2.75) is 38.4 Å². The predicted molar refractivity (Wildman–Crippen MR) is 118 cm³/mol. The summed E-state index contributed by atoms with van der Waals surface area (Å²) in [5, 5.41) is 6.10. The van der Waals surface area contributed by atoms with Crippen LogP contribution in [-0.4, -0.2) is 28.4 Å². The summed E-state index contributed by atoms with van der Waals surface area (Å²) in [6.45, 7) is 3.43. The number of nitrogens with one attached hydrogen (secondary N) is 1. The minimum absolute atomic E-state index is 0.0393. The lowest BCUT2D eigenvalue weighted by Crippen LogP contribution is -2.43. The molecule has 150 valence electrons.